The zero-order valence-electron chi connectivity index (χ0n) is 12.6. The topological polar surface area (TPSA) is 53.4 Å². The van der Waals surface area contributed by atoms with E-state index in [1.54, 1.807) is 6.07 Å². The predicted molar refractivity (Wildman–Crippen MR) is 90.6 cm³/mol. The van der Waals surface area contributed by atoms with Crippen LogP contribution in [0.25, 0.3) is 0 Å². The quantitative estimate of drug-likeness (QED) is 0.520. The van der Waals surface area contributed by atoms with E-state index < -0.39 is 11.6 Å². The molecule has 0 bridgehead atoms. The normalized spacial score (nSPS) is 14.4. The maximum absolute atomic E-state index is 13.5. The van der Waals surface area contributed by atoms with Gasteiger partial charge in [0.2, 0.25) is 0 Å². The van der Waals surface area contributed by atoms with Gasteiger partial charge >= 0.3 is 0 Å². The van der Waals surface area contributed by atoms with E-state index in [1.165, 1.54) is 12.3 Å². The lowest BCUT2D eigenvalue weighted by atomic mass is 10.2. The van der Waals surface area contributed by atoms with Crippen molar-refractivity contribution in [2.45, 2.75) is 6.42 Å². The molecule has 0 unspecified atom stereocenters. The first-order valence-electron chi connectivity index (χ1n) is 7.31. The van der Waals surface area contributed by atoms with Crippen molar-refractivity contribution in [2.75, 3.05) is 23.4 Å². The average Bonchev–Trinajstić information content (AvgIpc) is 2.59. The van der Waals surface area contributed by atoms with Crippen LogP contribution in [0, 0.1) is 11.6 Å². The highest BCUT2D eigenvalue weighted by atomic mass is 35.5. The van der Waals surface area contributed by atoms with Crippen molar-refractivity contribution in [2.24, 2.45) is 5.10 Å². The lowest BCUT2D eigenvalue weighted by Crippen LogP contribution is -2.27. The molecule has 0 radical (unpaired) electrons. The molecule has 1 aliphatic rings. The fraction of sp³-hybridized carbons (Fsp3) is 0.188. The van der Waals surface area contributed by atoms with Crippen LogP contribution in [0.3, 0.4) is 0 Å². The first kappa shape index (κ1) is 16.3. The fourth-order valence-electron chi connectivity index (χ4n) is 2.28. The van der Waals surface area contributed by atoms with Crippen molar-refractivity contribution in [3.05, 3.63) is 58.8 Å². The lowest BCUT2D eigenvalue weighted by Gasteiger charge is -2.25. The van der Waals surface area contributed by atoms with Gasteiger partial charge in [-0.15, -0.1) is 10.2 Å². The minimum Gasteiger partial charge on any atom is -0.365 e. The molecule has 3 rings (SSSR count). The highest BCUT2D eigenvalue weighted by Gasteiger charge is 2.13. The Hall–Kier alpha value is -2.54. The molecule has 5 nitrogen and oxygen atoms in total. The number of benzene rings is 1. The van der Waals surface area contributed by atoms with E-state index in [2.05, 4.69) is 37.8 Å². The molecular weight excluding hydrogens is 336 g/mol. The van der Waals surface area contributed by atoms with Crippen LogP contribution in [0.5, 0.6) is 0 Å². The summed E-state index contributed by atoms with van der Waals surface area (Å²) < 4.78 is 26.4. The molecule has 1 aromatic carbocycles. The van der Waals surface area contributed by atoms with Crippen LogP contribution < -0.4 is 10.3 Å². The second-order valence-corrected chi connectivity index (χ2v) is 5.51. The fourth-order valence-corrected chi connectivity index (χ4v) is 2.49. The standard InChI is InChI=1S/C16H14ClF2N5/c17-16-14(24-6-2-1-3-7-24)9-15(22-23-16)21-20-10-11-4-5-12(18)8-13(11)19/h1-2,4-5,8-10H,3,6-7H2,(H,21,22)/b20-10+. The average molecular weight is 350 g/mol. The Morgan fingerprint density at radius 3 is 2.83 bits per heavy atom. The highest BCUT2D eigenvalue weighted by molar-refractivity contribution is 6.32. The Bertz CT molecular complexity index is 794. The minimum absolute atomic E-state index is 0.159. The molecule has 2 heterocycles. The number of halogens is 3. The van der Waals surface area contributed by atoms with Crippen LogP contribution in [-0.4, -0.2) is 29.5 Å². The molecule has 8 heteroatoms. The van der Waals surface area contributed by atoms with E-state index in [4.69, 9.17) is 11.6 Å². The number of aromatic nitrogens is 2. The summed E-state index contributed by atoms with van der Waals surface area (Å²) in [6.07, 6.45) is 6.35. The minimum atomic E-state index is -0.691. The number of hydrazone groups is 1. The van der Waals surface area contributed by atoms with Gasteiger partial charge in [-0.1, -0.05) is 23.8 Å². The summed E-state index contributed by atoms with van der Waals surface area (Å²) in [4.78, 5) is 2.07. The van der Waals surface area contributed by atoms with Crippen molar-refractivity contribution in [3.8, 4) is 0 Å². The van der Waals surface area contributed by atoms with E-state index in [9.17, 15) is 8.78 Å². The van der Waals surface area contributed by atoms with Gasteiger partial charge in [0.1, 0.15) is 11.6 Å². The zero-order chi connectivity index (χ0) is 16.9. The molecule has 1 N–H and O–H groups in total. The monoisotopic (exact) mass is 349 g/mol. The van der Waals surface area contributed by atoms with Crippen LogP contribution in [0.1, 0.15) is 12.0 Å². The van der Waals surface area contributed by atoms with Crippen LogP contribution in [-0.2, 0) is 0 Å². The Labute approximate surface area is 142 Å². The van der Waals surface area contributed by atoms with Gasteiger partial charge in [0, 0.05) is 30.8 Å². The maximum atomic E-state index is 13.5. The van der Waals surface area contributed by atoms with Crippen molar-refractivity contribution in [1.29, 1.82) is 0 Å². The predicted octanol–water partition coefficient (Wildman–Crippen LogP) is 3.62. The van der Waals surface area contributed by atoms with E-state index in [0.29, 0.717) is 11.0 Å². The van der Waals surface area contributed by atoms with Gasteiger partial charge in [0.05, 0.1) is 11.9 Å². The van der Waals surface area contributed by atoms with Gasteiger partial charge in [-0.3, -0.25) is 5.43 Å². The van der Waals surface area contributed by atoms with E-state index >= 15 is 0 Å². The van der Waals surface area contributed by atoms with Crippen molar-refractivity contribution < 1.29 is 8.78 Å². The number of hydrogen-bond acceptors (Lipinski definition) is 5. The summed E-state index contributed by atoms with van der Waals surface area (Å²) in [7, 11) is 0. The van der Waals surface area contributed by atoms with Gasteiger partial charge in [-0.25, -0.2) is 8.78 Å². The molecule has 0 saturated carbocycles. The Kier molecular flexibility index (Phi) is 5.00. The highest BCUT2D eigenvalue weighted by Crippen LogP contribution is 2.26. The zero-order valence-corrected chi connectivity index (χ0v) is 13.3. The van der Waals surface area contributed by atoms with Crippen molar-refractivity contribution in [3.63, 3.8) is 0 Å². The molecule has 0 saturated heterocycles. The van der Waals surface area contributed by atoms with Crippen LogP contribution in [0.2, 0.25) is 5.15 Å². The Balaban J connectivity index is 1.73. The van der Waals surface area contributed by atoms with Crippen LogP contribution >= 0.6 is 11.6 Å². The molecular formula is C16H14ClF2N5. The molecule has 0 aliphatic carbocycles. The summed E-state index contributed by atoms with van der Waals surface area (Å²) in [5.41, 5.74) is 3.58. The summed E-state index contributed by atoms with van der Waals surface area (Å²) in [6, 6.07) is 4.99. The van der Waals surface area contributed by atoms with Crippen molar-refractivity contribution in [1.82, 2.24) is 10.2 Å². The molecule has 2 aromatic rings. The summed E-state index contributed by atoms with van der Waals surface area (Å²) in [5.74, 6) is -0.951. The SMILES string of the molecule is Fc1ccc(/C=N/Nc2cc(N3CC=CCC3)c(Cl)nn2)c(F)c1. The van der Waals surface area contributed by atoms with Crippen LogP contribution in [0.15, 0.2) is 41.5 Å². The molecule has 1 aromatic heterocycles. The molecule has 1 aliphatic heterocycles. The number of nitrogens with zero attached hydrogens (tertiary/aromatic N) is 4. The lowest BCUT2D eigenvalue weighted by molar-refractivity contribution is 0.582. The summed E-state index contributed by atoms with van der Waals surface area (Å²) in [5, 5.41) is 12.0. The number of nitrogens with one attached hydrogen (secondary N) is 1. The van der Waals surface area contributed by atoms with E-state index in [-0.39, 0.29) is 5.56 Å². The Morgan fingerprint density at radius 2 is 2.08 bits per heavy atom. The Morgan fingerprint density at radius 1 is 1.21 bits per heavy atom. The van der Waals surface area contributed by atoms with Gasteiger partial charge < -0.3 is 4.90 Å². The molecule has 0 spiro atoms. The van der Waals surface area contributed by atoms with Gasteiger partial charge in [-0.05, 0) is 18.6 Å². The smallest absolute Gasteiger partial charge is 0.175 e. The second kappa shape index (κ2) is 7.35. The molecule has 0 amide bonds. The summed E-state index contributed by atoms with van der Waals surface area (Å²) in [6.45, 7) is 1.58. The molecule has 24 heavy (non-hydrogen) atoms. The van der Waals surface area contributed by atoms with Gasteiger partial charge in [0.15, 0.2) is 11.0 Å². The first-order chi connectivity index (χ1) is 11.6. The molecule has 0 atom stereocenters. The van der Waals surface area contributed by atoms with E-state index in [1.807, 2.05) is 0 Å². The third kappa shape index (κ3) is 3.86. The summed E-state index contributed by atoms with van der Waals surface area (Å²) >= 11 is 6.10. The third-order valence-electron chi connectivity index (χ3n) is 3.47. The molecule has 124 valence electrons. The first-order valence-corrected chi connectivity index (χ1v) is 7.68. The van der Waals surface area contributed by atoms with Gasteiger partial charge in [0.25, 0.3) is 0 Å². The maximum Gasteiger partial charge on any atom is 0.175 e. The van der Waals surface area contributed by atoms with Gasteiger partial charge in [-0.2, -0.15) is 5.10 Å². The van der Waals surface area contributed by atoms with E-state index in [0.717, 1.165) is 37.3 Å². The number of anilines is 2. The third-order valence-corrected chi connectivity index (χ3v) is 3.74. The largest absolute Gasteiger partial charge is 0.365 e. The second-order valence-electron chi connectivity index (χ2n) is 5.15. The van der Waals surface area contributed by atoms with Crippen molar-refractivity contribution >= 4 is 29.3 Å². The number of rotatable bonds is 4. The molecule has 0 fully saturated rings. The van der Waals surface area contributed by atoms with Crippen LogP contribution in [0.4, 0.5) is 20.3 Å². The number of hydrogen-bond donors (Lipinski definition) is 1.